The molecule has 0 atom stereocenters. The summed E-state index contributed by atoms with van der Waals surface area (Å²) in [6.07, 6.45) is 0. The van der Waals surface area contributed by atoms with Crippen LogP contribution in [0.4, 0.5) is 0 Å². The van der Waals surface area contributed by atoms with Crippen LogP contribution < -0.4 is 0 Å². The summed E-state index contributed by atoms with van der Waals surface area (Å²) in [5.41, 5.74) is 0.173. The highest BCUT2D eigenvalue weighted by atomic mass is 79.9. The zero-order valence-corrected chi connectivity index (χ0v) is 13.8. The zero-order valence-electron chi connectivity index (χ0n) is 9.86. The Hall–Kier alpha value is -0.620. The van der Waals surface area contributed by atoms with Crippen molar-refractivity contribution in [1.82, 2.24) is 9.88 Å². The van der Waals surface area contributed by atoms with Crippen molar-refractivity contribution in [2.45, 2.75) is 6.54 Å². The van der Waals surface area contributed by atoms with Gasteiger partial charge >= 0.3 is 0 Å². The number of aromatic nitrogens is 1. The number of thiophene rings is 1. The van der Waals surface area contributed by atoms with E-state index in [0.717, 1.165) is 9.35 Å². The largest absolute Gasteiger partial charge is 0.335 e. The van der Waals surface area contributed by atoms with Gasteiger partial charge in [-0.2, -0.15) is 0 Å². The van der Waals surface area contributed by atoms with Gasteiger partial charge in [0.25, 0.3) is 5.91 Å². The number of rotatable bonds is 3. The summed E-state index contributed by atoms with van der Waals surface area (Å²) in [5.74, 6) is -0.253. The Balaban J connectivity index is 2.16. The Bertz CT molecular complexity index is 618. The number of hydrogen-bond donors (Lipinski definition) is 0. The van der Waals surface area contributed by atoms with Crippen molar-refractivity contribution < 1.29 is 4.79 Å². The van der Waals surface area contributed by atoms with E-state index in [-0.39, 0.29) is 16.8 Å². The van der Waals surface area contributed by atoms with E-state index in [1.54, 1.807) is 35.4 Å². The van der Waals surface area contributed by atoms with Crippen LogP contribution in [0.2, 0.25) is 10.2 Å². The fourth-order valence-electron chi connectivity index (χ4n) is 1.49. The number of hydrogen-bond acceptors (Lipinski definition) is 3. The van der Waals surface area contributed by atoms with Crippen LogP contribution in [0.25, 0.3) is 0 Å². The molecule has 0 saturated carbocycles. The Kier molecular flexibility index (Phi) is 4.84. The molecule has 7 heteroatoms. The molecule has 0 spiro atoms. The first kappa shape index (κ1) is 14.8. The lowest BCUT2D eigenvalue weighted by Crippen LogP contribution is -2.27. The number of carbonyl (C=O) groups is 1. The minimum atomic E-state index is -0.253. The molecule has 3 nitrogen and oxygen atoms in total. The molecule has 0 bridgehead atoms. The van der Waals surface area contributed by atoms with Crippen LogP contribution in [0.3, 0.4) is 0 Å². The van der Waals surface area contributed by atoms with E-state index in [4.69, 9.17) is 23.2 Å². The average Bonchev–Trinajstić information content (AvgIpc) is 2.77. The highest BCUT2D eigenvalue weighted by Gasteiger charge is 2.18. The van der Waals surface area contributed by atoms with Crippen molar-refractivity contribution in [2.75, 3.05) is 7.05 Å². The van der Waals surface area contributed by atoms with Gasteiger partial charge in [0.2, 0.25) is 0 Å². The van der Waals surface area contributed by atoms with Crippen LogP contribution in [0.1, 0.15) is 15.4 Å². The second kappa shape index (κ2) is 6.22. The summed E-state index contributed by atoms with van der Waals surface area (Å²) < 4.78 is 1.01. The van der Waals surface area contributed by atoms with Crippen molar-refractivity contribution in [3.63, 3.8) is 0 Å². The van der Waals surface area contributed by atoms with Crippen LogP contribution in [-0.4, -0.2) is 22.8 Å². The van der Waals surface area contributed by atoms with Crippen LogP contribution in [0, 0.1) is 0 Å². The molecule has 1 amide bonds. The summed E-state index contributed by atoms with van der Waals surface area (Å²) in [6.45, 7) is 0.500. The average molecular weight is 380 g/mol. The van der Waals surface area contributed by atoms with Gasteiger partial charge in [-0.05, 0) is 34.1 Å². The lowest BCUT2D eigenvalue weighted by molar-refractivity contribution is 0.0781. The number of carbonyl (C=O) groups excluding carboxylic acids is 1. The first-order valence-corrected chi connectivity index (χ1v) is 7.70. The molecule has 0 aromatic carbocycles. The minimum Gasteiger partial charge on any atom is -0.335 e. The summed E-state index contributed by atoms with van der Waals surface area (Å²) >= 11 is 16.7. The maximum atomic E-state index is 12.2. The molecule has 0 unspecified atom stereocenters. The van der Waals surface area contributed by atoms with Crippen molar-refractivity contribution in [1.29, 1.82) is 0 Å². The van der Waals surface area contributed by atoms with E-state index in [1.807, 2.05) is 11.4 Å². The van der Waals surface area contributed by atoms with Crippen molar-refractivity contribution >= 4 is 56.4 Å². The number of halogens is 3. The van der Waals surface area contributed by atoms with E-state index < -0.39 is 0 Å². The summed E-state index contributed by atoms with van der Waals surface area (Å²) in [5, 5.41) is 2.52. The zero-order chi connectivity index (χ0) is 14.0. The molecule has 2 aromatic rings. The van der Waals surface area contributed by atoms with Gasteiger partial charge in [0.15, 0.2) is 0 Å². The third-order valence-electron chi connectivity index (χ3n) is 2.38. The third kappa shape index (κ3) is 3.69. The lowest BCUT2D eigenvalue weighted by atomic mass is 10.3. The molecular weight excluding hydrogens is 371 g/mol. The SMILES string of the molecule is CN(Cc1cc(Br)cs1)C(=O)c1nc(Cl)ccc1Cl. The van der Waals surface area contributed by atoms with Gasteiger partial charge in [0.05, 0.1) is 11.6 Å². The monoisotopic (exact) mass is 378 g/mol. The third-order valence-corrected chi connectivity index (χ3v) is 4.57. The maximum Gasteiger partial charge on any atom is 0.274 e. The van der Waals surface area contributed by atoms with Gasteiger partial charge < -0.3 is 4.90 Å². The standard InChI is InChI=1S/C12H9BrCl2N2OS/c1-17(5-8-4-7(13)6-19-8)12(18)11-9(14)2-3-10(15)16-11/h2-4,6H,5H2,1H3. The van der Waals surface area contributed by atoms with E-state index in [1.165, 1.54) is 0 Å². The molecule has 0 aliphatic carbocycles. The van der Waals surface area contributed by atoms with E-state index >= 15 is 0 Å². The van der Waals surface area contributed by atoms with Crippen LogP contribution in [0.15, 0.2) is 28.1 Å². The molecule has 2 rings (SSSR count). The van der Waals surface area contributed by atoms with Gasteiger partial charge in [-0.15, -0.1) is 11.3 Å². The van der Waals surface area contributed by atoms with E-state index in [9.17, 15) is 4.79 Å². The highest BCUT2D eigenvalue weighted by molar-refractivity contribution is 9.10. The Labute approximate surface area is 133 Å². The quantitative estimate of drug-likeness (QED) is 0.736. The second-order valence-electron chi connectivity index (χ2n) is 3.86. The molecule has 0 fully saturated rings. The second-order valence-corrected chi connectivity index (χ2v) is 6.56. The molecule has 0 aliphatic rings. The summed E-state index contributed by atoms with van der Waals surface area (Å²) in [6, 6.07) is 5.10. The Morgan fingerprint density at radius 1 is 1.47 bits per heavy atom. The fraction of sp³-hybridized carbons (Fsp3) is 0.167. The van der Waals surface area contributed by atoms with Crippen LogP contribution in [-0.2, 0) is 6.54 Å². The smallest absolute Gasteiger partial charge is 0.274 e. The minimum absolute atomic E-state index is 0.173. The Morgan fingerprint density at radius 2 is 2.21 bits per heavy atom. The highest BCUT2D eigenvalue weighted by Crippen LogP contribution is 2.23. The molecular formula is C12H9BrCl2N2OS. The first-order chi connectivity index (χ1) is 8.97. The van der Waals surface area contributed by atoms with Gasteiger partial charge in [-0.1, -0.05) is 23.2 Å². The van der Waals surface area contributed by atoms with Crippen molar-refractivity contribution in [3.8, 4) is 0 Å². The van der Waals surface area contributed by atoms with Crippen molar-refractivity contribution in [2.24, 2.45) is 0 Å². The number of nitrogens with zero attached hydrogens (tertiary/aromatic N) is 2. The van der Waals surface area contributed by atoms with Gasteiger partial charge in [-0.25, -0.2) is 4.98 Å². The lowest BCUT2D eigenvalue weighted by Gasteiger charge is -2.16. The molecule has 2 aromatic heterocycles. The molecule has 19 heavy (non-hydrogen) atoms. The molecule has 0 radical (unpaired) electrons. The Morgan fingerprint density at radius 3 is 2.84 bits per heavy atom. The summed E-state index contributed by atoms with van der Waals surface area (Å²) in [4.78, 5) is 18.8. The van der Waals surface area contributed by atoms with Crippen molar-refractivity contribution in [3.05, 3.63) is 48.8 Å². The number of amides is 1. The molecule has 0 aliphatic heterocycles. The predicted octanol–water partition coefficient (Wildman–Crippen LogP) is 4.48. The molecule has 0 saturated heterocycles. The summed E-state index contributed by atoms with van der Waals surface area (Å²) in [7, 11) is 1.70. The predicted molar refractivity (Wildman–Crippen MR) is 82.1 cm³/mol. The first-order valence-electron chi connectivity index (χ1n) is 5.28. The topological polar surface area (TPSA) is 33.2 Å². The normalized spacial score (nSPS) is 10.5. The van der Waals surface area contributed by atoms with Gasteiger partial charge in [0, 0.05) is 21.8 Å². The number of pyridine rings is 1. The molecule has 0 N–H and O–H groups in total. The maximum absolute atomic E-state index is 12.2. The van der Waals surface area contributed by atoms with Crippen LogP contribution >= 0.6 is 50.5 Å². The van der Waals surface area contributed by atoms with Gasteiger partial charge in [0.1, 0.15) is 10.8 Å². The van der Waals surface area contributed by atoms with Gasteiger partial charge in [-0.3, -0.25) is 4.79 Å². The molecule has 2 heterocycles. The molecule has 100 valence electrons. The van der Waals surface area contributed by atoms with E-state index in [0.29, 0.717) is 11.6 Å². The van der Waals surface area contributed by atoms with Crippen LogP contribution in [0.5, 0.6) is 0 Å². The van der Waals surface area contributed by atoms with E-state index in [2.05, 4.69) is 20.9 Å². The fourth-order valence-corrected chi connectivity index (χ4v) is 3.33.